The van der Waals surface area contributed by atoms with E-state index in [-0.39, 0.29) is 17.9 Å². The molecule has 2 aromatic rings. The second kappa shape index (κ2) is 6.54. The minimum atomic E-state index is -0.000435. The fourth-order valence-corrected chi connectivity index (χ4v) is 3.23. The average Bonchev–Trinajstić information content (AvgIpc) is 3.21. The Morgan fingerprint density at radius 1 is 1.52 bits per heavy atom. The molecule has 1 aliphatic heterocycles. The van der Waals surface area contributed by atoms with E-state index in [9.17, 15) is 4.79 Å². The first kappa shape index (κ1) is 15.7. The molecular weight excluding hydrogens is 294 g/mol. The number of hydrogen-bond donors (Lipinski definition) is 2. The number of ether oxygens (including phenoxy) is 1. The van der Waals surface area contributed by atoms with E-state index in [1.54, 1.807) is 6.20 Å². The van der Waals surface area contributed by atoms with E-state index in [4.69, 9.17) is 4.74 Å². The molecule has 7 nitrogen and oxygen atoms in total. The molecule has 1 amide bonds. The smallest absolute Gasteiger partial charge is 0.226 e. The molecule has 2 aromatic heterocycles. The van der Waals surface area contributed by atoms with Crippen LogP contribution in [0.2, 0.25) is 0 Å². The Kier molecular flexibility index (Phi) is 4.47. The molecule has 0 radical (unpaired) electrons. The third kappa shape index (κ3) is 3.29. The molecule has 1 saturated heterocycles. The highest BCUT2D eigenvalue weighted by molar-refractivity contribution is 5.78. The summed E-state index contributed by atoms with van der Waals surface area (Å²) >= 11 is 0. The number of amides is 1. The van der Waals surface area contributed by atoms with Crippen LogP contribution in [0.3, 0.4) is 0 Å². The number of carbonyl (C=O) groups excluding carboxylic acids is 1. The van der Waals surface area contributed by atoms with E-state index in [0.717, 1.165) is 35.7 Å². The quantitative estimate of drug-likeness (QED) is 0.868. The Labute approximate surface area is 135 Å². The molecule has 0 aliphatic carbocycles. The number of carbonyl (C=O) groups is 1. The zero-order valence-electron chi connectivity index (χ0n) is 13.8. The average molecular weight is 317 g/mol. The lowest BCUT2D eigenvalue weighted by atomic mass is 9.94. The van der Waals surface area contributed by atoms with Crippen LogP contribution in [-0.2, 0) is 23.0 Å². The lowest BCUT2D eigenvalue weighted by Crippen LogP contribution is -2.32. The highest BCUT2D eigenvalue weighted by atomic mass is 16.5. The Hall–Kier alpha value is -2.15. The summed E-state index contributed by atoms with van der Waals surface area (Å²) in [7, 11) is 1.95. The first-order valence-corrected chi connectivity index (χ1v) is 7.93. The number of H-pyrrole nitrogens is 1. The number of nitrogens with one attached hydrogen (secondary N) is 2. The molecule has 23 heavy (non-hydrogen) atoms. The van der Waals surface area contributed by atoms with Gasteiger partial charge in [-0.15, -0.1) is 0 Å². The molecule has 1 fully saturated rings. The van der Waals surface area contributed by atoms with Crippen LogP contribution in [0.4, 0.5) is 0 Å². The Morgan fingerprint density at radius 3 is 3.00 bits per heavy atom. The second-order valence-electron chi connectivity index (χ2n) is 6.11. The maximum absolute atomic E-state index is 12.0. The largest absolute Gasteiger partial charge is 0.373 e. The van der Waals surface area contributed by atoms with Crippen LogP contribution >= 0.6 is 0 Å². The summed E-state index contributed by atoms with van der Waals surface area (Å²) in [5, 5.41) is 14.1. The van der Waals surface area contributed by atoms with Crippen molar-refractivity contribution >= 4 is 5.91 Å². The van der Waals surface area contributed by atoms with Crippen molar-refractivity contribution in [2.75, 3.05) is 13.2 Å². The summed E-state index contributed by atoms with van der Waals surface area (Å²) in [5.74, 6) is 0.279. The minimum absolute atomic E-state index is 0.000435. The van der Waals surface area contributed by atoms with Crippen molar-refractivity contribution in [1.29, 1.82) is 0 Å². The highest BCUT2D eigenvalue weighted by Crippen LogP contribution is 2.37. The van der Waals surface area contributed by atoms with E-state index in [2.05, 4.69) is 27.5 Å². The summed E-state index contributed by atoms with van der Waals surface area (Å²) < 4.78 is 7.83. The van der Waals surface area contributed by atoms with Gasteiger partial charge < -0.3 is 10.1 Å². The van der Waals surface area contributed by atoms with Crippen molar-refractivity contribution in [1.82, 2.24) is 25.3 Å². The fourth-order valence-electron chi connectivity index (χ4n) is 3.23. The van der Waals surface area contributed by atoms with Gasteiger partial charge in [-0.3, -0.25) is 14.6 Å². The molecular formula is C16H23N5O2. The number of hydrogen-bond acceptors (Lipinski definition) is 4. The topological polar surface area (TPSA) is 84.8 Å². The molecule has 124 valence electrons. The first-order chi connectivity index (χ1) is 11.1. The van der Waals surface area contributed by atoms with Crippen LogP contribution in [0.5, 0.6) is 0 Å². The first-order valence-electron chi connectivity index (χ1n) is 7.93. The van der Waals surface area contributed by atoms with Crippen LogP contribution in [0.1, 0.15) is 35.2 Å². The molecule has 3 rings (SSSR count). The van der Waals surface area contributed by atoms with Crippen molar-refractivity contribution in [2.45, 2.75) is 32.8 Å². The molecule has 0 saturated carbocycles. The molecule has 0 aromatic carbocycles. The van der Waals surface area contributed by atoms with Gasteiger partial charge in [-0.05, 0) is 26.3 Å². The summed E-state index contributed by atoms with van der Waals surface area (Å²) in [6.07, 6.45) is 2.93. The van der Waals surface area contributed by atoms with Crippen molar-refractivity contribution in [3.05, 3.63) is 34.9 Å². The SMILES string of the molecule is Cc1nn(C)c(C)c1[C@H]1OCC[C@@H]1CNC(=O)Cc1ccn[nH]1. The number of rotatable bonds is 5. The number of aryl methyl sites for hydroxylation is 2. The molecule has 2 atom stereocenters. The van der Waals surface area contributed by atoms with E-state index in [1.165, 1.54) is 0 Å². The molecule has 7 heteroatoms. The van der Waals surface area contributed by atoms with Gasteiger partial charge in [-0.25, -0.2) is 0 Å². The second-order valence-corrected chi connectivity index (χ2v) is 6.11. The third-order valence-electron chi connectivity index (χ3n) is 4.53. The standard InChI is InChI=1S/C16H23N5O2/c1-10-15(11(2)21(3)20-10)16-12(5-7-23-16)9-17-14(22)8-13-4-6-18-19-13/h4,6,12,16H,5,7-9H2,1-3H3,(H,17,22)(H,18,19)/t12-,16+/m1/s1. The van der Waals surface area contributed by atoms with Gasteiger partial charge in [0.2, 0.25) is 5.91 Å². The summed E-state index contributed by atoms with van der Waals surface area (Å²) in [6.45, 7) is 5.41. The Bertz CT molecular complexity index is 677. The van der Waals surface area contributed by atoms with E-state index in [0.29, 0.717) is 13.0 Å². The van der Waals surface area contributed by atoms with Crippen molar-refractivity contribution < 1.29 is 9.53 Å². The van der Waals surface area contributed by atoms with Gasteiger partial charge in [-0.1, -0.05) is 0 Å². The van der Waals surface area contributed by atoms with E-state index >= 15 is 0 Å². The minimum Gasteiger partial charge on any atom is -0.373 e. The van der Waals surface area contributed by atoms with Gasteiger partial charge in [0.05, 0.1) is 18.2 Å². The zero-order chi connectivity index (χ0) is 16.4. The zero-order valence-corrected chi connectivity index (χ0v) is 13.8. The van der Waals surface area contributed by atoms with Crippen molar-refractivity contribution in [2.24, 2.45) is 13.0 Å². The Balaban J connectivity index is 1.62. The maximum atomic E-state index is 12.0. The maximum Gasteiger partial charge on any atom is 0.226 e. The van der Waals surface area contributed by atoms with Crippen LogP contribution in [0.25, 0.3) is 0 Å². The monoisotopic (exact) mass is 317 g/mol. The summed E-state index contributed by atoms with van der Waals surface area (Å²) in [5.41, 5.74) is 4.12. The molecule has 0 bridgehead atoms. The normalized spacial score (nSPS) is 20.8. The van der Waals surface area contributed by atoms with Gasteiger partial charge in [0.25, 0.3) is 0 Å². The van der Waals surface area contributed by atoms with Crippen molar-refractivity contribution in [3.8, 4) is 0 Å². The summed E-state index contributed by atoms with van der Waals surface area (Å²) in [4.78, 5) is 12.0. The van der Waals surface area contributed by atoms with Gasteiger partial charge in [-0.2, -0.15) is 10.2 Å². The van der Waals surface area contributed by atoms with Gasteiger partial charge in [0, 0.05) is 49.3 Å². The molecule has 0 unspecified atom stereocenters. The number of nitrogens with zero attached hydrogens (tertiary/aromatic N) is 3. The lowest BCUT2D eigenvalue weighted by molar-refractivity contribution is -0.120. The van der Waals surface area contributed by atoms with E-state index < -0.39 is 0 Å². The molecule has 1 aliphatic rings. The molecule has 2 N–H and O–H groups in total. The highest BCUT2D eigenvalue weighted by Gasteiger charge is 2.33. The van der Waals surface area contributed by atoms with Crippen LogP contribution in [-0.4, -0.2) is 39.0 Å². The predicted molar refractivity (Wildman–Crippen MR) is 84.8 cm³/mol. The van der Waals surface area contributed by atoms with Crippen LogP contribution < -0.4 is 5.32 Å². The van der Waals surface area contributed by atoms with Crippen molar-refractivity contribution in [3.63, 3.8) is 0 Å². The molecule has 3 heterocycles. The van der Waals surface area contributed by atoms with Crippen LogP contribution in [0.15, 0.2) is 12.3 Å². The Morgan fingerprint density at radius 2 is 2.35 bits per heavy atom. The van der Waals surface area contributed by atoms with Crippen LogP contribution in [0, 0.1) is 19.8 Å². The lowest BCUT2D eigenvalue weighted by Gasteiger charge is -2.19. The van der Waals surface area contributed by atoms with Gasteiger partial charge in [0.1, 0.15) is 0 Å². The fraction of sp³-hybridized carbons (Fsp3) is 0.562. The summed E-state index contributed by atoms with van der Waals surface area (Å²) in [6, 6.07) is 1.81. The van der Waals surface area contributed by atoms with Gasteiger partial charge >= 0.3 is 0 Å². The predicted octanol–water partition coefficient (Wildman–Crippen LogP) is 1.20. The number of aromatic nitrogens is 4. The number of aromatic amines is 1. The van der Waals surface area contributed by atoms with Gasteiger partial charge in [0.15, 0.2) is 0 Å². The van der Waals surface area contributed by atoms with E-state index in [1.807, 2.05) is 24.7 Å². The molecule has 0 spiro atoms. The third-order valence-corrected chi connectivity index (χ3v) is 4.53.